The van der Waals surface area contributed by atoms with Crippen LogP contribution in [0.25, 0.3) is 20.5 Å². The molecule has 1 aliphatic rings. The van der Waals surface area contributed by atoms with E-state index in [0.29, 0.717) is 25.3 Å². The van der Waals surface area contributed by atoms with Gasteiger partial charge < -0.3 is 25.0 Å². The minimum absolute atomic E-state index is 0.0382. The van der Waals surface area contributed by atoms with Crippen LogP contribution in [-0.2, 0) is 11.3 Å². The highest BCUT2D eigenvalue weighted by molar-refractivity contribution is 7.22. The second kappa shape index (κ2) is 11.8. The van der Waals surface area contributed by atoms with Gasteiger partial charge in [-0.1, -0.05) is 42.5 Å². The van der Waals surface area contributed by atoms with Crippen molar-refractivity contribution in [1.82, 2.24) is 9.88 Å². The molecule has 2 aromatic carbocycles. The van der Waals surface area contributed by atoms with E-state index in [-0.39, 0.29) is 12.1 Å². The van der Waals surface area contributed by atoms with Gasteiger partial charge in [0, 0.05) is 48.2 Å². The van der Waals surface area contributed by atoms with Crippen LogP contribution >= 0.6 is 11.3 Å². The van der Waals surface area contributed by atoms with Crippen LogP contribution in [0.2, 0.25) is 0 Å². The van der Waals surface area contributed by atoms with Crippen LogP contribution in [-0.4, -0.2) is 53.7 Å². The molecule has 5 rings (SSSR count). The van der Waals surface area contributed by atoms with Crippen molar-refractivity contribution in [1.29, 1.82) is 0 Å². The number of likely N-dealkylation sites (tertiary alicyclic amines) is 1. The molecule has 0 bridgehead atoms. The van der Waals surface area contributed by atoms with Gasteiger partial charge in [-0.05, 0) is 57.4 Å². The predicted octanol–water partition coefficient (Wildman–Crippen LogP) is 6.48. The van der Waals surface area contributed by atoms with Crippen LogP contribution in [0, 0.1) is 0 Å². The molecular weight excluding hydrogens is 536 g/mol. The number of piperidine rings is 1. The number of ether oxygens (including phenoxy) is 2. The molecule has 2 N–H and O–H groups in total. The molecule has 41 heavy (non-hydrogen) atoms. The van der Waals surface area contributed by atoms with Gasteiger partial charge in [0.1, 0.15) is 23.8 Å². The maximum absolute atomic E-state index is 12.8. The zero-order valence-electron chi connectivity index (χ0n) is 23.9. The number of carbonyl (C=O) groups is 2. The summed E-state index contributed by atoms with van der Waals surface area (Å²) >= 11 is 1.50. The molecule has 0 saturated carbocycles. The number of primary amides is 1. The van der Waals surface area contributed by atoms with Gasteiger partial charge in [-0.3, -0.25) is 4.79 Å². The summed E-state index contributed by atoms with van der Waals surface area (Å²) in [5, 5.41) is 0.844. The molecule has 0 radical (unpaired) electrons. The number of rotatable bonds is 7. The number of likely N-dealkylation sites (N-methyl/N-ethyl adjacent to an activating group) is 1. The predicted molar refractivity (Wildman–Crippen MR) is 164 cm³/mol. The molecule has 0 aliphatic carbocycles. The zero-order valence-corrected chi connectivity index (χ0v) is 24.7. The average Bonchev–Trinajstić information content (AvgIpc) is 3.40. The van der Waals surface area contributed by atoms with Crippen LogP contribution < -0.4 is 15.4 Å². The molecular formula is C32H36N4O4S. The lowest BCUT2D eigenvalue weighted by atomic mass is 10.0. The van der Waals surface area contributed by atoms with Crippen molar-refractivity contribution in [2.75, 3.05) is 25.0 Å². The lowest BCUT2D eigenvalue weighted by Gasteiger charge is -2.38. The largest absolute Gasteiger partial charge is 0.488 e. The summed E-state index contributed by atoms with van der Waals surface area (Å²) < 4.78 is 12.6. The molecule has 1 fully saturated rings. The Bertz CT molecular complexity index is 1550. The number of anilines is 1. The summed E-state index contributed by atoms with van der Waals surface area (Å²) in [5.41, 5.74) is 7.62. The SMILES string of the molecule is CN(c1ncc(C(N)=O)c2sc(-c3ccccc3OCc3ccccc3)cc12)[C@H]1CCCN(C(=O)OC(C)(C)C)C1. The van der Waals surface area contributed by atoms with Gasteiger partial charge >= 0.3 is 6.09 Å². The van der Waals surface area contributed by atoms with Gasteiger partial charge in [-0.25, -0.2) is 9.78 Å². The van der Waals surface area contributed by atoms with Crippen LogP contribution in [0.5, 0.6) is 5.75 Å². The fourth-order valence-corrected chi connectivity index (χ4v) is 6.27. The number of aromatic nitrogens is 1. The third-order valence-corrected chi connectivity index (χ3v) is 8.32. The first-order chi connectivity index (χ1) is 19.6. The molecule has 4 aromatic rings. The van der Waals surface area contributed by atoms with Crippen molar-refractivity contribution in [2.24, 2.45) is 5.73 Å². The Hall–Kier alpha value is -4.11. The second-order valence-corrected chi connectivity index (χ2v) is 12.4. The highest BCUT2D eigenvalue weighted by Gasteiger charge is 2.31. The molecule has 2 aromatic heterocycles. The molecule has 0 unspecified atom stereocenters. The van der Waals surface area contributed by atoms with Crippen LogP contribution in [0.15, 0.2) is 66.9 Å². The van der Waals surface area contributed by atoms with Gasteiger partial charge in [0.05, 0.1) is 10.3 Å². The van der Waals surface area contributed by atoms with Crippen molar-refractivity contribution in [3.05, 3.63) is 78.0 Å². The van der Waals surface area contributed by atoms with Gasteiger partial charge in [0.15, 0.2) is 0 Å². The van der Waals surface area contributed by atoms with E-state index in [1.54, 1.807) is 11.1 Å². The van der Waals surface area contributed by atoms with Gasteiger partial charge in [0.25, 0.3) is 5.91 Å². The van der Waals surface area contributed by atoms with Gasteiger partial charge in [0.2, 0.25) is 0 Å². The number of nitrogens with zero attached hydrogens (tertiary/aromatic N) is 3. The molecule has 1 atom stereocenters. The van der Waals surface area contributed by atoms with Gasteiger partial charge in [-0.2, -0.15) is 0 Å². The van der Waals surface area contributed by atoms with Gasteiger partial charge in [-0.15, -0.1) is 11.3 Å². The molecule has 2 amide bonds. The number of hydrogen-bond donors (Lipinski definition) is 1. The summed E-state index contributed by atoms with van der Waals surface area (Å²) in [6, 6.07) is 20.0. The monoisotopic (exact) mass is 572 g/mol. The first kappa shape index (κ1) is 28.4. The molecule has 9 heteroatoms. The Morgan fingerprint density at radius 2 is 1.85 bits per heavy atom. The lowest BCUT2D eigenvalue weighted by molar-refractivity contribution is 0.0199. The van der Waals surface area contributed by atoms with E-state index in [9.17, 15) is 9.59 Å². The van der Waals surface area contributed by atoms with E-state index in [1.807, 2.05) is 82.4 Å². The van der Waals surface area contributed by atoms with Crippen molar-refractivity contribution >= 4 is 39.2 Å². The number of amides is 2. The average molecular weight is 573 g/mol. The van der Waals surface area contributed by atoms with E-state index >= 15 is 0 Å². The Kier molecular flexibility index (Phi) is 8.17. The molecule has 0 spiro atoms. The zero-order chi connectivity index (χ0) is 29.1. The van der Waals surface area contributed by atoms with Crippen molar-refractivity contribution in [3.63, 3.8) is 0 Å². The first-order valence-corrected chi connectivity index (χ1v) is 14.6. The number of carbonyl (C=O) groups excluding carboxylic acids is 2. The number of benzene rings is 2. The number of pyridine rings is 1. The third kappa shape index (κ3) is 6.46. The maximum Gasteiger partial charge on any atom is 0.410 e. The third-order valence-electron chi connectivity index (χ3n) is 7.12. The Morgan fingerprint density at radius 3 is 2.59 bits per heavy atom. The molecule has 8 nitrogen and oxygen atoms in total. The van der Waals surface area contributed by atoms with Crippen molar-refractivity contribution in [3.8, 4) is 16.2 Å². The summed E-state index contributed by atoms with van der Waals surface area (Å²) in [4.78, 5) is 34.7. The highest BCUT2D eigenvalue weighted by atomic mass is 32.1. The number of nitrogens with two attached hydrogens (primary N) is 1. The van der Waals surface area contributed by atoms with Crippen molar-refractivity contribution < 1.29 is 19.1 Å². The van der Waals surface area contributed by atoms with Crippen LogP contribution in [0.4, 0.5) is 10.6 Å². The maximum atomic E-state index is 12.8. The lowest BCUT2D eigenvalue weighted by Crippen LogP contribution is -2.50. The summed E-state index contributed by atoms with van der Waals surface area (Å²) in [7, 11) is 1.99. The Balaban J connectivity index is 1.47. The number of para-hydroxylation sites is 1. The highest BCUT2D eigenvalue weighted by Crippen LogP contribution is 2.42. The first-order valence-electron chi connectivity index (χ1n) is 13.8. The van der Waals surface area contributed by atoms with E-state index in [1.165, 1.54) is 11.3 Å². The number of thiophene rings is 1. The fourth-order valence-electron chi connectivity index (χ4n) is 5.07. The second-order valence-electron chi connectivity index (χ2n) is 11.3. The van der Waals surface area contributed by atoms with E-state index < -0.39 is 11.5 Å². The van der Waals surface area contributed by atoms with E-state index in [0.717, 1.165) is 50.5 Å². The minimum atomic E-state index is -0.553. The molecule has 1 aliphatic heterocycles. The standard InChI is InChI=1S/C32H36N4O4S/c1-32(2,3)40-31(38)36-16-10-13-22(19-36)35(4)30-24-17-27(41-28(24)25(18-34-30)29(33)37)23-14-8-9-15-26(23)39-20-21-11-6-5-7-12-21/h5-9,11-12,14-15,17-18,22H,10,13,16,19-20H2,1-4H3,(H2,33,37)/t22-/m0/s1. The summed E-state index contributed by atoms with van der Waals surface area (Å²) in [6.45, 7) is 7.25. The summed E-state index contributed by atoms with van der Waals surface area (Å²) in [5.74, 6) is 0.977. The van der Waals surface area contributed by atoms with Crippen LogP contribution in [0.1, 0.15) is 49.5 Å². The quantitative estimate of drug-likeness (QED) is 0.272. The van der Waals surface area contributed by atoms with Crippen molar-refractivity contribution in [2.45, 2.75) is 51.9 Å². The topological polar surface area (TPSA) is 98.0 Å². The van der Waals surface area contributed by atoms with E-state index in [4.69, 9.17) is 20.2 Å². The Morgan fingerprint density at radius 1 is 1.12 bits per heavy atom. The molecule has 214 valence electrons. The molecule has 1 saturated heterocycles. The Labute approximate surface area is 244 Å². The normalized spacial score (nSPS) is 15.5. The minimum Gasteiger partial charge on any atom is -0.488 e. The fraction of sp³-hybridized carbons (Fsp3) is 0.344. The molecule has 3 heterocycles. The number of hydrogen-bond acceptors (Lipinski definition) is 7. The van der Waals surface area contributed by atoms with E-state index in [2.05, 4.69) is 11.0 Å². The summed E-state index contributed by atoms with van der Waals surface area (Å²) in [6.07, 6.45) is 3.02. The number of fused-ring (bicyclic) bond motifs is 1. The van der Waals surface area contributed by atoms with Crippen LogP contribution in [0.3, 0.4) is 0 Å². The smallest absolute Gasteiger partial charge is 0.410 e.